The van der Waals surface area contributed by atoms with Gasteiger partial charge < -0.3 is 24.9 Å². The van der Waals surface area contributed by atoms with Crippen molar-refractivity contribution in [3.05, 3.63) is 41.8 Å². The van der Waals surface area contributed by atoms with Crippen LogP contribution in [0.15, 0.2) is 34.7 Å². The Morgan fingerprint density at radius 2 is 1.97 bits per heavy atom. The predicted molar refractivity (Wildman–Crippen MR) is 107 cm³/mol. The normalized spacial score (nSPS) is 19.2. The maximum absolute atomic E-state index is 12.8. The van der Waals surface area contributed by atoms with Crippen molar-refractivity contribution >= 4 is 18.2 Å². The predicted octanol–water partition coefficient (Wildman–Crippen LogP) is 3.02. The number of nitrogens with one attached hydrogen (secondary N) is 1. The summed E-state index contributed by atoms with van der Waals surface area (Å²) in [6.07, 6.45) is -0.00102. The lowest BCUT2D eigenvalue weighted by Crippen LogP contribution is -2.52. The van der Waals surface area contributed by atoms with E-state index in [1.165, 1.54) is 4.90 Å². The van der Waals surface area contributed by atoms with E-state index in [0.717, 1.165) is 5.56 Å². The van der Waals surface area contributed by atoms with Crippen LogP contribution in [0.2, 0.25) is 0 Å². The van der Waals surface area contributed by atoms with Crippen LogP contribution in [-0.2, 0) is 16.1 Å². The van der Waals surface area contributed by atoms with Gasteiger partial charge in [0.25, 0.3) is 0 Å². The number of anilines is 1. The highest BCUT2D eigenvalue weighted by Crippen LogP contribution is 2.32. The Balaban J connectivity index is 1.63. The van der Waals surface area contributed by atoms with Crippen molar-refractivity contribution in [2.24, 2.45) is 0 Å². The summed E-state index contributed by atoms with van der Waals surface area (Å²) in [7, 11) is 0. The van der Waals surface area contributed by atoms with Crippen molar-refractivity contribution in [1.29, 1.82) is 0 Å². The van der Waals surface area contributed by atoms with Crippen molar-refractivity contribution in [3.8, 4) is 0 Å². The van der Waals surface area contributed by atoms with E-state index in [1.54, 1.807) is 20.8 Å². The third-order valence-electron chi connectivity index (χ3n) is 4.49. The Labute approximate surface area is 174 Å². The Morgan fingerprint density at radius 1 is 1.23 bits per heavy atom. The minimum atomic E-state index is -0.676. The lowest BCUT2D eigenvalue weighted by molar-refractivity contribution is 0.00164. The number of rotatable bonds is 4. The molecule has 30 heavy (non-hydrogen) atoms. The van der Waals surface area contributed by atoms with Gasteiger partial charge in [-0.1, -0.05) is 35.4 Å². The van der Waals surface area contributed by atoms with E-state index < -0.39 is 23.8 Å². The number of benzene rings is 1. The molecule has 10 heteroatoms. The number of amides is 2. The van der Waals surface area contributed by atoms with Gasteiger partial charge in [0.15, 0.2) is 0 Å². The number of nitrogens with zero attached hydrogens (tertiary/aromatic N) is 3. The molecule has 2 amide bonds. The second-order valence-electron chi connectivity index (χ2n) is 8.11. The summed E-state index contributed by atoms with van der Waals surface area (Å²) < 4.78 is 16.1. The van der Waals surface area contributed by atoms with Crippen LogP contribution in [0.4, 0.5) is 15.6 Å². The molecule has 0 aliphatic carbocycles. The molecule has 2 aromatic rings. The molecule has 1 aromatic carbocycles. The average Bonchev–Trinajstić information content (AvgIpc) is 3.12. The van der Waals surface area contributed by atoms with Gasteiger partial charge in [-0.2, -0.15) is 0 Å². The molecule has 2 atom stereocenters. The van der Waals surface area contributed by atoms with Crippen LogP contribution in [-0.4, -0.2) is 45.5 Å². The zero-order valence-corrected chi connectivity index (χ0v) is 17.3. The molecule has 1 aromatic heterocycles. The number of aromatic nitrogens is 2. The van der Waals surface area contributed by atoms with Gasteiger partial charge in [0.2, 0.25) is 5.89 Å². The smallest absolute Gasteiger partial charge is 0.411 e. The molecule has 162 valence electrons. The lowest BCUT2D eigenvalue weighted by Gasteiger charge is -2.38. The number of nitrogen functional groups attached to an aromatic ring is 1. The first kappa shape index (κ1) is 21.4. The van der Waals surface area contributed by atoms with Crippen LogP contribution < -0.4 is 11.1 Å². The number of hydrogen-bond acceptors (Lipinski definition) is 8. The van der Waals surface area contributed by atoms with Gasteiger partial charge in [-0.3, -0.25) is 4.90 Å². The van der Waals surface area contributed by atoms with E-state index in [1.807, 2.05) is 30.3 Å². The summed E-state index contributed by atoms with van der Waals surface area (Å²) in [6.45, 7) is 5.73. The van der Waals surface area contributed by atoms with Crippen LogP contribution >= 0.6 is 0 Å². The highest BCUT2D eigenvalue weighted by molar-refractivity contribution is 5.70. The largest absolute Gasteiger partial charge is 0.445 e. The van der Waals surface area contributed by atoms with Crippen LogP contribution in [0, 0.1) is 0 Å². The Bertz CT molecular complexity index is 864. The number of nitrogens with two attached hydrogens (primary N) is 1. The molecule has 0 bridgehead atoms. The third kappa shape index (κ3) is 5.85. The number of hydrogen-bond donors (Lipinski definition) is 2. The van der Waals surface area contributed by atoms with E-state index in [4.69, 9.17) is 19.6 Å². The van der Waals surface area contributed by atoms with Crippen molar-refractivity contribution in [2.45, 2.75) is 57.9 Å². The van der Waals surface area contributed by atoms with Gasteiger partial charge in [0.05, 0.1) is 6.04 Å². The van der Waals surface area contributed by atoms with E-state index in [2.05, 4.69) is 15.5 Å². The summed E-state index contributed by atoms with van der Waals surface area (Å²) in [6, 6.07) is 8.53. The second kappa shape index (κ2) is 9.02. The Hall–Kier alpha value is -3.30. The molecule has 3 N–H and O–H groups in total. The Kier molecular flexibility index (Phi) is 6.43. The SMILES string of the molecule is CC(C)(C)OC(=O)N1C[C@@H](NC(=O)OCc2ccccc2)CC[C@@H]1c1nnc(N)o1. The van der Waals surface area contributed by atoms with Gasteiger partial charge >= 0.3 is 18.2 Å². The molecule has 0 radical (unpaired) electrons. The van der Waals surface area contributed by atoms with Crippen LogP contribution in [0.1, 0.15) is 51.1 Å². The van der Waals surface area contributed by atoms with Crippen LogP contribution in [0.3, 0.4) is 0 Å². The second-order valence-corrected chi connectivity index (χ2v) is 8.11. The lowest BCUT2D eigenvalue weighted by atomic mass is 9.98. The van der Waals surface area contributed by atoms with Crippen molar-refractivity contribution in [1.82, 2.24) is 20.4 Å². The molecule has 0 saturated carbocycles. The molecular weight excluding hydrogens is 390 g/mol. The van der Waals surface area contributed by atoms with E-state index >= 15 is 0 Å². The zero-order chi connectivity index (χ0) is 21.7. The molecular formula is C20H27N5O5. The average molecular weight is 417 g/mol. The van der Waals surface area contributed by atoms with Gasteiger partial charge in [-0.15, -0.1) is 5.10 Å². The number of carbonyl (C=O) groups is 2. The quantitative estimate of drug-likeness (QED) is 0.775. The highest BCUT2D eigenvalue weighted by Gasteiger charge is 2.38. The molecule has 1 saturated heterocycles. The fourth-order valence-electron chi connectivity index (χ4n) is 3.18. The Morgan fingerprint density at radius 3 is 2.60 bits per heavy atom. The first-order chi connectivity index (χ1) is 14.2. The molecule has 0 unspecified atom stereocenters. The van der Waals surface area contributed by atoms with Gasteiger partial charge in [0.1, 0.15) is 18.2 Å². The van der Waals surface area contributed by atoms with Gasteiger partial charge in [0, 0.05) is 6.54 Å². The molecule has 1 aliphatic rings. The summed E-state index contributed by atoms with van der Waals surface area (Å²) >= 11 is 0. The fourth-order valence-corrected chi connectivity index (χ4v) is 3.18. The first-order valence-electron chi connectivity index (χ1n) is 9.77. The van der Waals surface area contributed by atoms with Gasteiger partial charge in [-0.25, -0.2) is 9.59 Å². The highest BCUT2D eigenvalue weighted by atomic mass is 16.6. The first-order valence-corrected chi connectivity index (χ1v) is 9.77. The van der Waals surface area contributed by atoms with Crippen LogP contribution in [0.25, 0.3) is 0 Å². The number of ether oxygens (including phenoxy) is 2. The summed E-state index contributed by atoms with van der Waals surface area (Å²) in [5, 5.41) is 10.4. The number of carbonyl (C=O) groups excluding carboxylic acids is 2. The third-order valence-corrected chi connectivity index (χ3v) is 4.49. The fraction of sp³-hybridized carbons (Fsp3) is 0.500. The molecule has 1 fully saturated rings. The summed E-state index contributed by atoms with van der Waals surface area (Å²) in [5.74, 6) is 0.239. The molecule has 0 spiro atoms. The summed E-state index contributed by atoms with van der Waals surface area (Å²) in [4.78, 5) is 26.5. The molecule has 3 rings (SSSR count). The number of likely N-dealkylation sites (tertiary alicyclic amines) is 1. The maximum Gasteiger partial charge on any atom is 0.411 e. The van der Waals surface area contributed by atoms with Gasteiger partial charge in [-0.05, 0) is 39.2 Å². The summed E-state index contributed by atoms with van der Waals surface area (Å²) in [5.41, 5.74) is 5.75. The zero-order valence-electron chi connectivity index (χ0n) is 17.3. The molecule has 1 aliphatic heterocycles. The van der Waals surface area contributed by atoms with Crippen molar-refractivity contribution < 1.29 is 23.5 Å². The molecule has 10 nitrogen and oxygen atoms in total. The van der Waals surface area contributed by atoms with E-state index in [9.17, 15) is 9.59 Å². The van der Waals surface area contributed by atoms with Crippen molar-refractivity contribution in [2.75, 3.05) is 12.3 Å². The monoisotopic (exact) mass is 417 g/mol. The van der Waals surface area contributed by atoms with E-state index in [-0.39, 0.29) is 31.1 Å². The minimum Gasteiger partial charge on any atom is -0.445 e. The maximum atomic E-state index is 12.8. The molecule has 2 heterocycles. The minimum absolute atomic E-state index is 0.0705. The number of piperidine rings is 1. The van der Waals surface area contributed by atoms with Crippen molar-refractivity contribution in [3.63, 3.8) is 0 Å². The standard InChI is InChI=1S/C20H27N5O5/c1-20(2,3)30-19(27)25-11-14(9-10-15(25)16-23-24-17(21)29-16)22-18(26)28-12-13-7-5-4-6-8-13/h4-8,14-15H,9-12H2,1-3H3,(H2,21,24)(H,22,26)/t14-,15+/m0/s1. The number of alkyl carbamates (subject to hydrolysis) is 1. The topological polar surface area (TPSA) is 133 Å². The van der Waals surface area contributed by atoms with Crippen LogP contribution in [0.5, 0.6) is 0 Å². The van der Waals surface area contributed by atoms with E-state index in [0.29, 0.717) is 12.8 Å².